The zero-order valence-electron chi connectivity index (χ0n) is 15.5. The summed E-state index contributed by atoms with van der Waals surface area (Å²) in [7, 11) is 0. The second kappa shape index (κ2) is 7.62. The van der Waals surface area contributed by atoms with E-state index in [-0.39, 0.29) is 5.91 Å². The Bertz CT molecular complexity index is 933. The molecule has 1 aliphatic rings. The highest BCUT2D eigenvalue weighted by atomic mass is 16.2. The van der Waals surface area contributed by atoms with Gasteiger partial charge in [-0.2, -0.15) is 0 Å². The molecule has 1 amide bonds. The average molecular weight is 357 g/mol. The molecule has 2 aromatic carbocycles. The first-order valence-corrected chi connectivity index (χ1v) is 9.36. The van der Waals surface area contributed by atoms with Crippen molar-refractivity contribution >= 4 is 17.3 Å². The molecule has 0 aliphatic carbocycles. The summed E-state index contributed by atoms with van der Waals surface area (Å²) in [5.41, 5.74) is 6.10. The zero-order chi connectivity index (χ0) is 18.6. The van der Waals surface area contributed by atoms with Crippen LogP contribution in [0.2, 0.25) is 0 Å². The number of aryl methyl sites for hydroxylation is 2. The van der Waals surface area contributed by atoms with E-state index in [4.69, 9.17) is 0 Å². The number of amides is 1. The second-order valence-corrected chi connectivity index (χ2v) is 6.96. The third-order valence-electron chi connectivity index (χ3n) is 4.96. The largest absolute Gasteiger partial charge is 0.380 e. The molecule has 0 bridgehead atoms. The van der Waals surface area contributed by atoms with Gasteiger partial charge >= 0.3 is 0 Å². The lowest BCUT2D eigenvalue weighted by atomic mass is 10.0. The van der Waals surface area contributed by atoms with Gasteiger partial charge in [-0.15, -0.1) is 0 Å². The van der Waals surface area contributed by atoms with Crippen LogP contribution in [0.1, 0.15) is 33.6 Å². The quantitative estimate of drug-likeness (QED) is 0.742. The summed E-state index contributed by atoms with van der Waals surface area (Å²) in [6.07, 6.45) is 3.74. The van der Waals surface area contributed by atoms with Crippen molar-refractivity contribution in [3.05, 3.63) is 89.2 Å². The van der Waals surface area contributed by atoms with Crippen molar-refractivity contribution in [2.45, 2.75) is 26.3 Å². The van der Waals surface area contributed by atoms with E-state index in [0.29, 0.717) is 5.69 Å². The number of carbonyl (C=O) groups is 1. The van der Waals surface area contributed by atoms with Gasteiger partial charge in [-0.1, -0.05) is 48.0 Å². The summed E-state index contributed by atoms with van der Waals surface area (Å²) in [6.45, 7) is 3.55. The summed E-state index contributed by atoms with van der Waals surface area (Å²) in [6, 6.07) is 20.3. The van der Waals surface area contributed by atoms with E-state index in [1.165, 1.54) is 16.7 Å². The van der Waals surface area contributed by atoms with Crippen LogP contribution in [0.5, 0.6) is 0 Å². The van der Waals surface area contributed by atoms with E-state index in [9.17, 15) is 4.79 Å². The van der Waals surface area contributed by atoms with Crippen LogP contribution in [0.3, 0.4) is 0 Å². The minimum Gasteiger partial charge on any atom is -0.380 e. The molecule has 0 unspecified atom stereocenters. The molecular formula is C23H23N3O. The molecule has 136 valence electrons. The molecule has 4 heteroatoms. The molecule has 4 rings (SSSR count). The predicted octanol–water partition coefficient (Wildman–Crippen LogP) is 4.60. The van der Waals surface area contributed by atoms with Crippen molar-refractivity contribution in [1.29, 1.82) is 0 Å². The second-order valence-electron chi connectivity index (χ2n) is 6.96. The summed E-state index contributed by atoms with van der Waals surface area (Å²) in [4.78, 5) is 19.2. The zero-order valence-corrected chi connectivity index (χ0v) is 15.5. The minimum absolute atomic E-state index is 0.0350. The van der Waals surface area contributed by atoms with Gasteiger partial charge in [-0.3, -0.25) is 4.79 Å². The Hall–Kier alpha value is -3.14. The first-order valence-electron chi connectivity index (χ1n) is 9.36. The summed E-state index contributed by atoms with van der Waals surface area (Å²) < 4.78 is 0. The third kappa shape index (κ3) is 3.85. The number of pyridine rings is 1. The molecule has 1 aromatic heterocycles. The van der Waals surface area contributed by atoms with E-state index >= 15 is 0 Å². The van der Waals surface area contributed by atoms with Crippen LogP contribution in [0, 0.1) is 6.92 Å². The molecule has 0 radical (unpaired) electrons. The predicted molar refractivity (Wildman–Crippen MR) is 109 cm³/mol. The Morgan fingerprint density at radius 3 is 2.67 bits per heavy atom. The highest BCUT2D eigenvalue weighted by molar-refractivity contribution is 6.05. The first-order chi connectivity index (χ1) is 13.2. The number of hydrogen-bond acceptors (Lipinski definition) is 3. The summed E-state index contributed by atoms with van der Waals surface area (Å²) in [5.74, 6) is -0.0350. The first kappa shape index (κ1) is 17.3. The van der Waals surface area contributed by atoms with Gasteiger partial charge < -0.3 is 10.2 Å². The van der Waals surface area contributed by atoms with Crippen LogP contribution in [-0.2, 0) is 13.0 Å². The Labute approximate surface area is 159 Å². The maximum atomic E-state index is 12.9. The number of anilines is 2. The number of aromatic nitrogens is 1. The van der Waals surface area contributed by atoms with Crippen molar-refractivity contribution in [2.24, 2.45) is 0 Å². The molecule has 1 aliphatic heterocycles. The normalized spacial score (nSPS) is 13.1. The smallest absolute Gasteiger partial charge is 0.276 e. The van der Waals surface area contributed by atoms with Gasteiger partial charge in [0.15, 0.2) is 0 Å². The Morgan fingerprint density at radius 2 is 1.89 bits per heavy atom. The number of nitrogens with one attached hydrogen (secondary N) is 1. The van der Waals surface area contributed by atoms with E-state index < -0.39 is 0 Å². The number of nitrogens with zero attached hydrogens (tertiary/aromatic N) is 2. The molecule has 3 aromatic rings. The summed E-state index contributed by atoms with van der Waals surface area (Å²) >= 11 is 0. The maximum absolute atomic E-state index is 12.9. The van der Waals surface area contributed by atoms with Gasteiger partial charge in [0.05, 0.1) is 11.9 Å². The van der Waals surface area contributed by atoms with Crippen LogP contribution in [-0.4, -0.2) is 17.4 Å². The van der Waals surface area contributed by atoms with Gasteiger partial charge in [0.2, 0.25) is 0 Å². The van der Waals surface area contributed by atoms with Crippen LogP contribution in [0.25, 0.3) is 0 Å². The summed E-state index contributed by atoms with van der Waals surface area (Å²) in [5, 5.41) is 3.35. The lowest BCUT2D eigenvalue weighted by molar-refractivity contribution is 0.0980. The minimum atomic E-state index is -0.0350. The number of carbonyl (C=O) groups excluding carboxylic acids is 1. The number of para-hydroxylation sites is 1. The van der Waals surface area contributed by atoms with Crippen LogP contribution in [0.15, 0.2) is 66.9 Å². The third-order valence-corrected chi connectivity index (χ3v) is 4.96. The molecule has 0 saturated heterocycles. The molecule has 0 atom stereocenters. The number of benzene rings is 2. The highest BCUT2D eigenvalue weighted by Crippen LogP contribution is 2.27. The average Bonchev–Trinajstić information content (AvgIpc) is 2.73. The molecule has 0 spiro atoms. The Morgan fingerprint density at radius 1 is 1.07 bits per heavy atom. The topological polar surface area (TPSA) is 45.2 Å². The standard InChI is InChI=1S/C23H23N3O/c1-17-8-10-18(11-9-17)15-24-20-12-13-21(25-16-20)23(27)26-14-4-6-19-5-2-3-7-22(19)26/h2-3,5,7-13,16,24H,4,6,14-15H2,1H3. The van der Waals surface area contributed by atoms with Crippen molar-refractivity contribution < 1.29 is 4.79 Å². The van der Waals surface area contributed by atoms with Gasteiger partial charge in [0.1, 0.15) is 5.69 Å². The number of rotatable bonds is 4. The fourth-order valence-electron chi connectivity index (χ4n) is 3.42. The molecule has 27 heavy (non-hydrogen) atoms. The van der Waals surface area contributed by atoms with Crippen LogP contribution < -0.4 is 10.2 Å². The molecule has 0 fully saturated rings. The van der Waals surface area contributed by atoms with Crippen molar-refractivity contribution in [1.82, 2.24) is 4.98 Å². The maximum Gasteiger partial charge on any atom is 0.276 e. The highest BCUT2D eigenvalue weighted by Gasteiger charge is 2.23. The van der Waals surface area contributed by atoms with Crippen molar-refractivity contribution in [2.75, 3.05) is 16.8 Å². The van der Waals surface area contributed by atoms with Gasteiger partial charge in [-0.05, 0) is 49.1 Å². The lowest BCUT2D eigenvalue weighted by Crippen LogP contribution is -2.35. The van der Waals surface area contributed by atoms with E-state index in [1.807, 2.05) is 29.2 Å². The van der Waals surface area contributed by atoms with Crippen LogP contribution >= 0.6 is 0 Å². The van der Waals surface area contributed by atoms with Gasteiger partial charge in [0.25, 0.3) is 5.91 Å². The van der Waals surface area contributed by atoms with E-state index in [0.717, 1.165) is 37.3 Å². The van der Waals surface area contributed by atoms with E-state index in [2.05, 4.69) is 47.6 Å². The number of fused-ring (bicyclic) bond motifs is 1. The SMILES string of the molecule is Cc1ccc(CNc2ccc(C(=O)N3CCCc4ccccc43)nc2)cc1. The molecule has 0 saturated carbocycles. The number of hydrogen-bond donors (Lipinski definition) is 1. The monoisotopic (exact) mass is 357 g/mol. The van der Waals surface area contributed by atoms with E-state index in [1.54, 1.807) is 12.3 Å². The Kier molecular flexibility index (Phi) is 4.88. The Balaban J connectivity index is 1.44. The lowest BCUT2D eigenvalue weighted by Gasteiger charge is -2.29. The molecule has 4 nitrogen and oxygen atoms in total. The fraction of sp³-hybridized carbons (Fsp3) is 0.217. The fourth-order valence-corrected chi connectivity index (χ4v) is 3.42. The van der Waals surface area contributed by atoms with Crippen LogP contribution in [0.4, 0.5) is 11.4 Å². The molecule has 2 heterocycles. The van der Waals surface area contributed by atoms with Gasteiger partial charge in [0, 0.05) is 18.8 Å². The van der Waals surface area contributed by atoms with Gasteiger partial charge in [-0.25, -0.2) is 4.98 Å². The molecular weight excluding hydrogens is 334 g/mol. The van der Waals surface area contributed by atoms with Crippen molar-refractivity contribution in [3.8, 4) is 0 Å². The molecule has 1 N–H and O–H groups in total. The van der Waals surface area contributed by atoms with Crippen molar-refractivity contribution in [3.63, 3.8) is 0 Å².